The maximum atomic E-state index is 5.80. The Morgan fingerprint density at radius 1 is 1.50 bits per heavy atom. The maximum Gasteiger partial charge on any atom is 0.112 e. The van der Waals surface area contributed by atoms with Gasteiger partial charge in [-0.25, -0.2) is 0 Å². The molecule has 0 spiro atoms. The first-order chi connectivity index (χ1) is 5.65. The summed E-state index contributed by atoms with van der Waals surface area (Å²) >= 11 is 0. The van der Waals surface area contributed by atoms with Crippen molar-refractivity contribution in [2.24, 2.45) is 0 Å². The van der Waals surface area contributed by atoms with Crippen LogP contribution in [0.4, 0.5) is 0 Å². The Balaban J connectivity index is 2.16. The third-order valence-corrected chi connectivity index (χ3v) is 3.04. The van der Waals surface area contributed by atoms with Crippen molar-refractivity contribution in [3.63, 3.8) is 0 Å². The van der Waals surface area contributed by atoms with Gasteiger partial charge in [-0.2, -0.15) is 0 Å². The van der Waals surface area contributed by atoms with E-state index in [-0.39, 0.29) is 17.7 Å². The minimum atomic E-state index is -0.199. The first-order valence-corrected chi connectivity index (χ1v) is 4.74. The second kappa shape index (κ2) is 2.74. The maximum absolute atomic E-state index is 5.80. The van der Waals surface area contributed by atoms with Crippen LogP contribution in [-0.2, 0) is 9.47 Å². The van der Waals surface area contributed by atoms with Crippen molar-refractivity contribution in [3.05, 3.63) is 0 Å². The smallest absolute Gasteiger partial charge is 0.112 e. The van der Waals surface area contributed by atoms with Gasteiger partial charge in [0.2, 0.25) is 0 Å². The lowest BCUT2D eigenvalue weighted by Gasteiger charge is -2.34. The highest BCUT2D eigenvalue weighted by atomic mass is 16.6. The summed E-state index contributed by atoms with van der Waals surface area (Å²) in [5.74, 6) is 0. The standard InChI is InChI=1S/C9H15BO2/c1-3-9-4-6(2)11-7(5-9)8(10)12-9/h6-8H,3-5H2,1-2H3/t6?,7-,8?,9?/m0/s1. The molecule has 2 rings (SSSR count). The lowest BCUT2D eigenvalue weighted by atomic mass is 9.85. The Morgan fingerprint density at radius 3 is 2.92 bits per heavy atom. The predicted molar refractivity (Wildman–Crippen MR) is 47.2 cm³/mol. The van der Waals surface area contributed by atoms with Gasteiger partial charge in [0.1, 0.15) is 7.85 Å². The fraction of sp³-hybridized carbons (Fsp3) is 1.00. The van der Waals surface area contributed by atoms with Crippen LogP contribution in [0.25, 0.3) is 0 Å². The van der Waals surface area contributed by atoms with Crippen LogP contribution in [0.1, 0.15) is 33.1 Å². The van der Waals surface area contributed by atoms with Gasteiger partial charge in [-0.1, -0.05) is 6.92 Å². The molecule has 2 aliphatic rings. The number of rotatable bonds is 1. The summed E-state index contributed by atoms with van der Waals surface area (Å²) in [7, 11) is 5.80. The molecule has 2 aliphatic heterocycles. The zero-order valence-corrected chi connectivity index (χ0v) is 7.75. The average molecular weight is 166 g/mol. The molecular weight excluding hydrogens is 151 g/mol. The van der Waals surface area contributed by atoms with Crippen LogP contribution in [-0.4, -0.2) is 31.7 Å². The fourth-order valence-corrected chi connectivity index (χ4v) is 2.39. The van der Waals surface area contributed by atoms with E-state index in [0.29, 0.717) is 6.10 Å². The molecule has 0 aromatic heterocycles. The van der Waals surface area contributed by atoms with Crippen molar-refractivity contribution < 1.29 is 9.47 Å². The molecular formula is C9H15BO2. The molecule has 66 valence electrons. The fourth-order valence-electron chi connectivity index (χ4n) is 2.39. The Morgan fingerprint density at radius 2 is 2.25 bits per heavy atom. The first kappa shape index (κ1) is 8.58. The highest BCUT2D eigenvalue weighted by molar-refractivity contribution is 6.11. The summed E-state index contributed by atoms with van der Waals surface area (Å²) < 4.78 is 11.4. The molecule has 2 fully saturated rings. The van der Waals surface area contributed by atoms with Crippen molar-refractivity contribution in [1.82, 2.24) is 0 Å². The second-order valence-corrected chi connectivity index (χ2v) is 4.01. The van der Waals surface area contributed by atoms with Gasteiger partial charge in [0.15, 0.2) is 0 Å². The van der Waals surface area contributed by atoms with Gasteiger partial charge in [-0.15, -0.1) is 0 Å². The van der Waals surface area contributed by atoms with E-state index in [9.17, 15) is 0 Å². The lowest BCUT2D eigenvalue weighted by molar-refractivity contribution is -0.0618. The monoisotopic (exact) mass is 166 g/mol. The molecule has 0 saturated carbocycles. The Kier molecular flexibility index (Phi) is 1.96. The summed E-state index contributed by atoms with van der Waals surface area (Å²) in [6.45, 7) is 4.26. The number of ether oxygens (including phenoxy) is 2. The van der Waals surface area contributed by atoms with Crippen molar-refractivity contribution in [1.29, 1.82) is 0 Å². The summed E-state index contributed by atoms with van der Waals surface area (Å²) in [4.78, 5) is 0. The Labute approximate surface area is 75.0 Å². The third-order valence-electron chi connectivity index (χ3n) is 3.04. The summed E-state index contributed by atoms with van der Waals surface area (Å²) in [6.07, 6.45) is 3.46. The molecule has 0 N–H and O–H groups in total. The van der Waals surface area contributed by atoms with E-state index in [2.05, 4.69) is 13.8 Å². The largest absolute Gasteiger partial charge is 0.379 e. The van der Waals surface area contributed by atoms with E-state index in [4.69, 9.17) is 17.3 Å². The van der Waals surface area contributed by atoms with Crippen LogP contribution in [0, 0.1) is 0 Å². The third kappa shape index (κ3) is 1.19. The molecule has 2 heterocycles. The summed E-state index contributed by atoms with van der Waals surface area (Å²) in [6, 6.07) is -0.199. The zero-order valence-electron chi connectivity index (χ0n) is 7.75. The number of hydrogen-bond acceptors (Lipinski definition) is 2. The minimum absolute atomic E-state index is 0.0295. The molecule has 0 aromatic carbocycles. The average Bonchev–Trinajstić information content (AvgIpc) is 2.24. The molecule has 12 heavy (non-hydrogen) atoms. The van der Waals surface area contributed by atoms with Crippen LogP contribution < -0.4 is 0 Å². The van der Waals surface area contributed by atoms with Gasteiger partial charge < -0.3 is 9.47 Å². The molecule has 2 nitrogen and oxygen atoms in total. The predicted octanol–water partition coefficient (Wildman–Crippen LogP) is 1.23. The van der Waals surface area contributed by atoms with Gasteiger partial charge in [-0.3, -0.25) is 0 Å². The second-order valence-electron chi connectivity index (χ2n) is 4.01. The number of hydrogen-bond donors (Lipinski definition) is 0. The Bertz CT molecular complexity index is 176. The van der Waals surface area contributed by atoms with Crippen LogP contribution in [0.5, 0.6) is 0 Å². The highest BCUT2D eigenvalue weighted by Gasteiger charge is 2.48. The van der Waals surface area contributed by atoms with Crippen molar-refractivity contribution in [3.8, 4) is 0 Å². The van der Waals surface area contributed by atoms with Gasteiger partial charge in [-0.05, 0) is 13.3 Å². The van der Waals surface area contributed by atoms with E-state index >= 15 is 0 Å². The molecule has 3 unspecified atom stereocenters. The van der Waals surface area contributed by atoms with E-state index in [0.717, 1.165) is 19.3 Å². The number of fused-ring (bicyclic) bond motifs is 2. The van der Waals surface area contributed by atoms with Crippen LogP contribution in [0.3, 0.4) is 0 Å². The molecule has 0 aromatic rings. The van der Waals surface area contributed by atoms with Gasteiger partial charge in [0.25, 0.3) is 0 Å². The van der Waals surface area contributed by atoms with E-state index in [1.807, 2.05) is 0 Å². The van der Waals surface area contributed by atoms with Crippen molar-refractivity contribution >= 4 is 7.85 Å². The summed E-state index contributed by atoms with van der Waals surface area (Å²) in [5, 5.41) is 0. The molecule has 4 atom stereocenters. The zero-order chi connectivity index (χ0) is 8.77. The van der Waals surface area contributed by atoms with E-state index in [1.165, 1.54) is 0 Å². The highest BCUT2D eigenvalue weighted by Crippen LogP contribution is 2.42. The van der Waals surface area contributed by atoms with Crippen LogP contribution >= 0.6 is 0 Å². The topological polar surface area (TPSA) is 18.5 Å². The van der Waals surface area contributed by atoms with E-state index in [1.54, 1.807) is 0 Å². The molecule has 3 heteroatoms. The van der Waals surface area contributed by atoms with Gasteiger partial charge >= 0.3 is 0 Å². The van der Waals surface area contributed by atoms with E-state index < -0.39 is 0 Å². The Hall–Kier alpha value is -0.0151. The quantitative estimate of drug-likeness (QED) is 0.545. The molecule has 2 bridgehead atoms. The summed E-state index contributed by atoms with van der Waals surface area (Å²) in [5.41, 5.74) is 0.0295. The molecule has 0 aliphatic carbocycles. The minimum Gasteiger partial charge on any atom is -0.379 e. The first-order valence-electron chi connectivity index (χ1n) is 4.74. The SMILES string of the molecule is [B]C1OC2(CC)CC(C)O[C@H]1C2. The van der Waals surface area contributed by atoms with Gasteiger partial charge in [0.05, 0.1) is 17.8 Å². The molecule has 2 radical (unpaired) electrons. The lowest BCUT2D eigenvalue weighted by Crippen LogP contribution is -2.38. The molecule has 0 amide bonds. The normalized spacial score (nSPS) is 52.7. The van der Waals surface area contributed by atoms with Crippen LogP contribution in [0.2, 0.25) is 0 Å². The van der Waals surface area contributed by atoms with Crippen molar-refractivity contribution in [2.45, 2.75) is 56.9 Å². The van der Waals surface area contributed by atoms with Gasteiger partial charge in [0, 0.05) is 18.8 Å². The van der Waals surface area contributed by atoms with Crippen LogP contribution in [0.15, 0.2) is 0 Å². The van der Waals surface area contributed by atoms with Crippen molar-refractivity contribution in [2.75, 3.05) is 0 Å². The molecule has 2 saturated heterocycles.